The molecule has 0 spiro atoms. The summed E-state index contributed by atoms with van der Waals surface area (Å²) in [6, 6.07) is 16.2. The minimum atomic E-state index is -0.331. The number of nitrogens with zero attached hydrogens (tertiary/aromatic N) is 1. The summed E-state index contributed by atoms with van der Waals surface area (Å²) in [6.07, 6.45) is 2.81. The number of halogens is 1. The number of piperidine rings is 1. The highest BCUT2D eigenvalue weighted by Gasteiger charge is 2.25. The van der Waals surface area contributed by atoms with Crippen LogP contribution in [0.1, 0.15) is 36.5 Å². The summed E-state index contributed by atoms with van der Waals surface area (Å²) in [5.74, 6) is 1.31. The largest absolute Gasteiger partial charge is 0.494 e. The van der Waals surface area contributed by atoms with Crippen LogP contribution in [0.4, 0.5) is 0 Å². The molecule has 0 aromatic heterocycles. The van der Waals surface area contributed by atoms with Crippen LogP contribution >= 0.6 is 15.9 Å². The fourth-order valence-electron chi connectivity index (χ4n) is 3.60. The predicted molar refractivity (Wildman–Crippen MR) is 110 cm³/mol. The van der Waals surface area contributed by atoms with Crippen LogP contribution in [0.2, 0.25) is 0 Å². The molecule has 4 heteroatoms. The average Bonchev–Trinajstić information content (AvgIpc) is 2.68. The molecule has 3 nitrogen and oxygen atoms in total. The van der Waals surface area contributed by atoms with Crippen LogP contribution in [0.25, 0.3) is 0 Å². The Bertz CT molecular complexity index is 684. The van der Waals surface area contributed by atoms with Gasteiger partial charge < -0.3 is 14.7 Å². The maximum atomic E-state index is 10.6. The molecule has 1 atom stereocenters. The molecular formula is C22H28BrNO2. The van der Waals surface area contributed by atoms with Gasteiger partial charge >= 0.3 is 0 Å². The van der Waals surface area contributed by atoms with E-state index in [1.807, 2.05) is 42.5 Å². The van der Waals surface area contributed by atoms with Crippen molar-refractivity contribution < 1.29 is 9.84 Å². The topological polar surface area (TPSA) is 32.7 Å². The van der Waals surface area contributed by atoms with Crippen LogP contribution in [0, 0.1) is 12.8 Å². The number of benzene rings is 2. The van der Waals surface area contributed by atoms with Crippen molar-refractivity contribution in [2.24, 2.45) is 5.92 Å². The van der Waals surface area contributed by atoms with E-state index in [-0.39, 0.29) is 6.10 Å². The standard InChI is InChI=1S/C22H28BrNO2/c1-17-16-20(8-9-21(17)23)26-15-5-12-24-13-10-19(11-14-24)22(25)18-6-3-2-4-7-18/h2-4,6-9,16,19,22,25H,5,10-15H2,1H3. The van der Waals surface area contributed by atoms with Crippen LogP contribution < -0.4 is 4.74 Å². The first-order valence-corrected chi connectivity index (χ1v) is 10.3. The van der Waals surface area contributed by atoms with E-state index in [0.29, 0.717) is 5.92 Å². The Morgan fingerprint density at radius 2 is 1.88 bits per heavy atom. The van der Waals surface area contributed by atoms with E-state index in [1.54, 1.807) is 0 Å². The van der Waals surface area contributed by atoms with Crippen LogP contribution in [0.15, 0.2) is 53.0 Å². The smallest absolute Gasteiger partial charge is 0.119 e. The molecule has 0 radical (unpaired) electrons. The number of ether oxygens (including phenoxy) is 1. The van der Waals surface area contributed by atoms with Crippen molar-refractivity contribution in [1.82, 2.24) is 4.90 Å². The van der Waals surface area contributed by atoms with Gasteiger partial charge in [-0.2, -0.15) is 0 Å². The second-order valence-corrected chi connectivity index (χ2v) is 8.00. The molecule has 1 saturated heterocycles. The monoisotopic (exact) mass is 417 g/mol. The van der Waals surface area contributed by atoms with Crippen molar-refractivity contribution in [3.05, 3.63) is 64.1 Å². The number of hydrogen-bond acceptors (Lipinski definition) is 3. The fraction of sp³-hybridized carbons (Fsp3) is 0.455. The van der Waals surface area contributed by atoms with Gasteiger partial charge in [0.05, 0.1) is 12.7 Å². The predicted octanol–water partition coefficient (Wildman–Crippen LogP) is 4.97. The third-order valence-corrected chi connectivity index (χ3v) is 6.13. The van der Waals surface area contributed by atoms with Crippen molar-refractivity contribution >= 4 is 15.9 Å². The quantitative estimate of drug-likeness (QED) is 0.645. The molecule has 1 fully saturated rings. The highest BCUT2D eigenvalue weighted by atomic mass is 79.9. The van der Waals surface area contributed by atoms with Gasteiger partial charge in [0.25, 0.3) is 0 Å². The Hall–Kier alpha value is -1.36. The van der Waals surface area contributed by atoms with Gasteiger partial charge in [0.15, 0.2) is 0 Å². The third kappa shape index (κ3) is 5.32. The van der Waals surface area contributed by atoms with E-state index < -0.39 is 0 Å². The highest BCUT2D eigenvalue weighted by Crippen LogP contribution is 2.30. The van der Waals surface area contributed by atoms with Crippen LogP contribution in [0.3, 0.4) is 0 Å². The molecule has 1 N–H and O–H groups in total. The lowest BCUT2D eigenvalue weighted by Gasteiger charge is -2.34. The normalized spacial score (nSPS) is 17.2. The van der Waals surface area contributed by atoms with Gasteiger partial charge in [-0.1, -0.05) is 46.3 Å². The van der Waals surface area contributed by atoms with Crippen LogP contribution in [-0.2, 0) is 0 Å². The first-order valence-electron chi connectivity index (χ1n) is 9.48. The van der Waals surface area contributed by atoms with Gasteiger partial charge in [0.2, 0.25) is 0 Å². The summed E-state index contributed by atoms with van der Waals surface area (Å²) in [4.78, 5) is 2.49. The lowest BCUT2D eigenvalue weighted by molar-refractivity contribution is 0.0575. The summed E-state index contributed by atoms with van der Waals surface area (Å²) < 4.78 is 6.98. The molecule has 0 aliphatic carbocycles. The Morgan fingerprint density at radius 3 is 2.58 bits per heavy atom. The van der Waals surface area contributed by atoms with Gasteiger partial charge in [-0.15, -0.1) is 0 Å². The van der Waals surface area contributed by atoms with Crippen molar-refractivity contribution in [2.45, 2.75) is 32.3 Å². The number of aryl methyl sites for hydroxylation is 1. The number of likely N-dealkylation sites (tertiary alicyclic amines) is 1. The highest BCUT2D eigenvalue weighted by molar-refractivity contribution is 9.10. The van der Waals surface area contributed by atoms with Gasteiger partial charge in [-0.05, 0) is 74.5 Å². The number of aliphatic hydroxyl groups excluding tert-OH is 1. The minimum Gasteiger partial charge on any atom is -0.494 e. The van der Waals surface area contributed by atoms with Gasteiger partial charge in [-0.3, -0.25) is 0 Å². The second-order valence-electron chi connectivity index (χ2n) is 7.15. The molecule has 3 rings (SSSR count). The van der Waals surface area contributed by atoms with E-state index in [2.05, 4.69) is 33.8 Å². The van der Waals surface area contributed by atoms with Crippen molar-refractivity contribution in [2.75, 3.05) is 26.2 Å². The lowest BCUT2D eigenvalue weighted by Crippen LogP contribution is -2.36. The van der Waals surface area contributed by atoms with E-state index in [9.17, 15) is 5.11 Å². The summed E-state index contributed by atoms with van der Waals surface area (Å²) in [5, 5.41) is 10.6. The van der Waals surface area contributed by atoms with Crippen molar-refractivity contribution in [3.8, 4) is 5.75 Å². The SMILES string of the molecule is Cc1cc(OCCCN2CCC(C(O)c3ccccc3)CC2)ccc1Br. The van der Waals surface area contributed by atoms with E-state index in [0.717, 1.165) is 61.3 Å². The Labute approximate surface area is 165 Å². The average molecular weight is 418 g/mol. The third-order valence-electron chi connectivity index (χ3n) is 5.24. The molecule has 140 valence electrons. The molecule has 1 heterocycles. The number of rotatable bonds is 7. The molecule has 0 amide bonds. The summed E-state index contributed by atoms with van der Waals surface area (Å²) in [5.41, 5.74) is 2.24. The molecule has 0 saturated carbocycles. The lowest BCUT2D eigenvalue weighted by atomic mass is 9.87. The Balaban J connectivity index is 1.36. The molecule has 1 aliphatic heterocycles. The second kappa shape index (κ2) is 9.54. The van der Waals surface area contributed by atoms with Gasteiger partial charge in [0.1, 0.15) is 5.75 Å². The molecule has 2 aromatic carbocycles. The van der Waals surface area contributed by atoms with E-state index in [1.165, 1.54) is 5.56 Å². The van der Waals surface area contributed by atoms with E-state index in [4.69, 9.17) is 4.74 Å². The molecule has 26 heavy (non-hydrogen) atoms. The summed E-state index contributed by atoms with van der Waals surface area (Å²) in [7, 11) is 0. The maximum absolute atomic E-state index is 10.6. The summed E-state index contributed by atoms with van der Waals surface area (Å²) >= 11 is 3.51. The van der Waals surface area contributed by atoms with Crippen molar-refractivity contribution in [1.29, 1.82) is 0 Å². The molecular weight excluding hydrogens is 390 g/mol. The van der Waals surface area contributed by atoms with Crippen LogP contribution in [-0.4, -0.2) is 36.2 Å². The van der Waals surface area contributed by atoms with Crippen molar-refractivity contribution in [3.63, 3.8) is 0 Å². The zero-order valence-corrected chi connectivity index (χ0v) is 17.0. The zero-order chi connectivity index (χ0) is 18.4. The Kier molecular flexibility index (Phi) is 7.12. The first-order chi connectivity index (χ1) is 12.6. The first kappa shape index (κ1) is 19.4. The minimum absolute atomic E-state index is 0.331. The molecule has 1 aliphatic rings. The van der Waals surface area contributed by atoms with Gasteiger partial charge in [-0.25, -0.2) is 0 Å². The molecule has 0 bridgehead atoms. The molecule has 1 unspecified atom stereocenters. The molecule has 2 aromatic rings. The van der Waals surface area contributed by atoms with Crippen LogP contribution in [0.5, 0.6) is 5.75 Å². The Morgan fingerprint density at radius 1 is 1.15 bits per heavy atom. The zero-order valence-electron chi connectivity index (χ0n) is 15.4. The van der Waals surface area contributed by atoms with E-state index >= 15 is 0 Å². The fourth-order valence-corrected chi connectivity index (χ4v) is 3.85. The number of hydrogen-bond donors (Lipinski definition) is 1. The van der Waals surface area contributed by atoms with Gasteiger partial charge in [0, 0.05) is 11.0 Å². The summed E-state index contributed by atoms with van der Waals surface area (Å²) in [6.45, 7) is 6.00. The maximum Gasteiger partial charge on any atom is 0.119 e. The number of aliphatic hydroxyl groups is 1.